The molecule has 132 valence electrons. The Hall–Kier alpha value is -2.05. The number of carbonyl (C=O) groups is 2. The fourth-order valence-corrected chi connectivity index (χ4v) is 3.07. The SMILES string of the molecule is O=C(Nc1ccc(Cl)cc1Cl)c1ccn(C(=O)c2ccc(Cl)cc2Cl)n1. The molecule has 5 nitrogen and oxygen atoms in total. The molecule has 0 bridgehead atoms. The van der Waals surface area contributed by atoms with Gasteiger partial charge in [0, 0.05) is 16.2 Å². The highest BCUT2D eigenvalue weighted by Gasteiger charge is 2.17. The number of halogens is 4. The van der Waals surface area contributed by atoms with Crippen LogP contribution in [0.25, 0.3) is 0 Å². The van der Waals surface area contributed by atoms with Crippen molar-refractivity contribution in [2.75, 3.05) is 5.32 Å². The van der Waals surface area contributed by atoms with Gasteiger partial charge in [0.2, 0.25) is 0 Å². The Morgan fingerprint density at radius 2 is 1.54 bits per heavy atom. The predicted molar refractivity (Wildman–Crippen MR) is 103 cm³/mol. The lowest BCUT2D eigenvalue weighted by Crippen LogP contribution is -2.17. The van der Waals surface area contributed by atoms with Gasteiger partial charge in [-0.05, 0) is 42.5 Å². The zero-order valence-corrected chi connectivity index (χ0v) is 15.9. The number of amides is 1. The molecule has 0 saturated heterocycles. The van der Waals surface area contributed by atoms with Gasteiger partial charge < -0.3 is 5.32 Å². The van der Waals surface area contributed by atoms with Gasteiger partial charge in [-0.25, -0.2) is 4.68 Å². The van der Waals surface area contributed by atoms with Gasteiger partial charge in [0.15, 0.2) is 5.69 Å². The average Bonchev–Trinajstić information content (AvgIpc) is 3.07. The van der Waals surface area contributed by atoms with Gasteiger partial charge >= 0.3 is 0 Å². The summed E-state index contributed by atoms with van der Waals surface area (Å²) in [7, 11) is 0. The lowest BCUT2D eigenvalue weighted by molar-refractivity contribution is 0.0944. The van der Waals surface area contributed by atoms with E-state index < -0.39 is 11.8 Å². The molecule has 1 amide bonds. The molecule has 1 N–H and O–H groups in total. The van der Waals surface area contributed by atoms with Crippen molar-refractivity contribution in [1.29, 1.82) is 0 Å². The number of nitrogens with zero attached hydrogens (tertiary/aromatic N) is 2. The standard InChI is InChI=1S/C17H9Cl4N3O2/c18-9-1-3-11(12(20)7-9)17(26)24-6-5-15(23-24)16(25)22-14-4-2-10(19)8-13(14)21/h1-8H,(H,22,25). The number of carbonyl (C=O) groups excluding carboxylic acids is 2. The quantitative estimate of drug-likeness (QED) is 0.604. The van der Waals surface area contributed by atoms with Crippen LogP contribution in [0.5, 0.6) is 0 Å². The van der Waals surface area contributed by atoms with Crippen LogP contribution in [-0.4, -0.2) is 21.6 Å². The van der Waals surface area contributed by atoms with Gasteiger partial charge in [-0.15, -0.1) is 0 Å². The van der Waals surface area contributed by atoms with Gasteiger partial charge in [-0.3, -0.25) is 9.59 Å². The van der Waals surface area contributed by atoms with E-state index in [-0.39, 0.29) is 21.3 Å². The van der Waals surface area contributed by atoms with Crippen molar-refractivity contribution >= 4 is 63.9 Å². The number of anilines is 1. The Morgan fingerprint density at radius 1 is 0.885 bits per heavy atom. The predicted octanol–water partition coefficient (Wildman–Crippen LogP) is 5.44. The first-order valence-corrected chi connectivity index (χ1v) is 8.68. The molecule has 0 aliphatic carbocycles. The highest BCUT2D eigenvalue weighted by atomic mass is 35.5. The molecule has 0 aliphatic heterocycles. The maximum atomic E-state index is 12.5. The number of nitrogens with one attached hydrogen (secondary N) is 1. The molecule has 9 heteroatoms. The van der Waals surface area contributed by atoms with Crippen LogP contribution in [0.2, 0.25) is 20.1 Å². The smallest absolute Gasteiger partial charge is 0.279 e. The molecule has 0 radical (unpaired) electrons. The maximum absolute atomic E-state index is 12.5. The van der Waals surface area contributed by atoms with Crippen molar-refractivity contribution < 1.29 is 9.59 Å². The Labute approximate surface area is 168 Å². The van der Waals surface area contributed by atoms with E-state index in [0.717, 1.165) is 4.68 Å². The van der Waals surface area contributed by atoms with E-state index in [4.69, 9.17) is 46.4 Å². The van der Waals surface area contributed by atoms with Gasteiger partial charge in [-0.1, -0.05) is 46.4 Å². The molecular weight excluding hydrogens is 420 g/mol. The molecule has 3 aromatic rings. The topological polar surface area (TPSA) is 64.0 Å². The van der Waals surface area contributed by atoms with Crippen molar-refractivity contribution in [2.45, 2.75) is 0 Å². The van der Waals surface area contributed by atoms with Crippen LogP contribution in [0, 0.1) is 0 Å². The average molecular weight is 429 g/mol. The van der Waals surface area contributed by atoms with Crippen molar-refractivity contribution in [3.63, 3.8) is 0 Å². The molecule has 0 aliphatic rings. The summed E-state index contributed by atoms with van der Waals surface area (Å²) >= 11 is 23.7. The van der Waals surface area contributed by atoms with E-state index in [2.05, 4.69) is 10.4 Å². The van der Waals surface area contributed by atoms with E-state index in [9.17, 15) is 9.59 Å². The zero-order valence-electron chi connectivity index (χ0n) is 12.8. The number of rotatable bonds is 3. The molecule has 1 heterocycles. The van der Waals surface area contributed by atoms with Crippen LogP contribution in [0.4, 0.5) is 5.69 Å². The Kier molecular flexibility index (Phi) is 5.53. The second-order valence-electron chi connectivity index (χ2n) is 5.15. The van der Waals surface area contributed by atoms with E-state index in [0.29, 0.717) is 15.7 Å². The zero-order chi connectivity index (χ0) is 18.8. The van der Waals surface area contributed by atoms with Crippen molar-refractivity contribution in [2.24, 2.45) is 0 Å². The fourth-order valence-electron chi connectivity index (χ4n) is 2.12. The second-order valence-corrected chi connectivity index (χ2v) is 6.84. The minimum atomic E-state index is -0.525. The molecule has 0 atom stereocenters. The second kappa shape index (κ2) is 7.68. The fraction of sp³-hybridized carbons (Fsp3) is 0. The summed E-state index contributed by atoms with van der Waals surface area (Å²) in [4.78, 5) is 24.8. The number of hydrogen-bond donors (Lipinski definition) is 1. The Bertz CT molecular complexity index is 1020. The molecule has 26 heavy (non-hydrogen) atoms. The van der Waals surface area contributed by atoms with Crippen molar-refractivity contribution in [1.82, 2.24) is 9.78 Å². The highest BCUT2D eigenvalue weighted by molar-refractivity contribution is 6.37. The first-order valence-electron chi connectivity index (χ1n) is 7.17. The van der Waals surface area contributed by atoms with Crippen molar-refractivity contribution in [3.8, 4) is 0 Å². The van der Waals surface area contributed by atoms with Crippen LogP contribution in [-0.2, 0) is 0 Å². The highest BCUT2D eigenvalue weighted by Crippen LogP contribution is 2.26. The molecule has 0 spiro atoms. The van der Waals surface area contributed by atoms with E-state index >= 15 is 0 Å². The van der Waals surface area contributed by atoms with Crippen molar-refractivity contribution in [3.05, 3.63) is 80.0 Å². The molecule has 0 unspecified atom stereocenters. The number of benzene rings is 2. The molecule has 1 aromatic heterocycles. The van der Waals surface area contributed by atoms with Gasteiger partial charge in [0.25, 0.3) is 11.8 Å². The third kappa shape index (κ3) is 4.02. The monoisotopic (exact) mass is 427 g/mol. The summed E-state index contributed by atoms with van der Waals surface area (Å²) in [5, 5.41) is 7.93. The number of hydrogen-bond acceptors (Lipinski definition) is 3. The first-order chi connectivity index (χ1) is 12.3. The molecule has 0 saturated carbocycles. The van der Waals surface area contributed by atoms with Crippen LogP contribution >= 0.6 is 46.4 Å². The first kappa shape index (κ1) is 18.7. The van der Waals surface area contributed by atoms with Crippen LogP contribution in [0.3, 0.4) is 0 Å². The lowest BCUT2D eigenvalue weighted by Gasteiger charge is -2.06. The summed E-state index contributed by atoms with van der Waals surface area (Å²) in [5.41, 5.74) is 0.629. The van der Waals surface area contributed by atoms with Gasteiger partial charge in [0.1, 0.15) is 0 Å². The van der Waals surface area contributed by atoms with Crippen LogP contribution in [0.1, 0.15) is 20.8 Å². The summed E-state index contributed by atoms with van der Waals surface area (Å²) in [6, 6.07) is 10.5. The maximum Gasteiger partial charge on any atom is 0.279 e. The third-order valence-corrected chi connectivity index (χ3v) is 4.47. The largest absolute Gasteiger partial charge is 0.319 e. The molecule has 3 rings (SSSR count). The summed E-state index contributed by atoms with van der Waals surface area (Å²) < 4.78 is 1.02. The van der Waals surface area contributed by atoms with E-state index in [1.807, 2.05) is 0 Å². The minimum Gasteiger partial charge on any atom is -0.319 e. The van der Waals surface area contributed by atoms with Gasteiger partial charge in [-0.2, -0.15) is 5.10 Å². The lowest BCUT2D eigenvalue weighted by atomic mass is 10.2. The van der Waals surface area contributed by atoms with Crippen LogP contribution in [0.15, 0.2) is 48.7 Å². The third-order valence-electron chi connectivity index (χ3n) is 3.37. The molecule has 2 aromatic carbocycles. The van der Waals surface area contributed by atoms with Gasteiger partial charge in [0.05, 0.1) is 21.3 Å². The molecule has 0 fully saturated rings. The summed E-state index contributed by atoms with van der Waals surface area (Å²) in [6.07, 6.45) is 1.37. The van der Waals surface area contributed by atoms with E-state index in [1.165, 1.54) is 30.5 Å². The normalized spacial score (nSPS) is 10.6. The molecular formula is C17H9Cl4N3O2. The van der Waals surface area contributed by atoms with E-state index in [1.54, 1.807) is 18.2 Å². The summed E-state index contributed by atoms with van der Waals surface area (Å²) in [5.74, 6) is -1.02. The summed E-state index contributed by atoms with van der Waals surface area (Å²) in [6.45, 7) is 0. The Balaban J connectivity index is 1.80. The Morgan fingerprint density at radius 3 is 2.19 bits per heavy atom. The minimum absolute atomic E-state index is 0.0365. The van der Waals surface area contributed by atoms with Crippen LogP contribution < -0.4 is 5.32 Å². The number of aromatic nitrogens is 2.